The minimum Gasteiger partial charge on any atom is -0.337 e. The molecule has 1 aromatic heterocycles. The van der Waals surface area contributed by atoms with Crippen LogP contribution in [0, 0.1) is 5.82 Å². The molecule has 34 heavy (non-hydrogen) atoms. The molecule has 0 aliphatic carbocycles. The van der Waals surface area contributed by atoms with Gasteiger partial charge in [-0.25, -0.2) is 9.37 Å². The lowest BCUT2D eigenvalue weighted by Crippen LogP contribution is -2.41. The van der Waals surface area contributed by atoms with Crippen molar-refractivity contribution >= 4 is 17.5 Å². The quantitative estimate of drug-likeness (QED) is 0.661. The van der Waals surface area contributed by atoms with E-state index in [9.17, 15) is 14.0 Å². The fraction of sp³-hybridized carbons (Fsp3) is 0.577. The van der Waals surface area contributed by atoms with Gasteiger partial charge in [-0.2, -0.15) is 0 Å². The Hall–Kier alpha value is -2.74. The van der Waals surface area contributed by atoms with Gasteiger partial charge in [-0.05, 0) is 38.0 Å². The summed E-state index contributed by atoms with van der Waals surface area (Å²) in [5.41, 5.74) is 1.34. The number of aryl methyl sites for hydroxylation is 1. The number of benzene rings is 1. The first-order valence-electron chi connectivity index (χ1n) is 12.3. The Bertz CT molecular complexity index is 987. The number of carbonyl (C=O) groups excluding carboxylic acids is 2. The van der Waals surface area contributed by atoms with Gasteiger partial charge >= 0.3 is 0 Å². The van der Waals surface area contributed by atoms with Crippen molar-refractivity contribution in [3.05, 3.63) is 47.8 Å². The number of carbonyl (C=O) groups is 2. The number of nitrogens with zero attached hydrogens (tertiary/aromatic N) is 5. The second kappa shape index (κ2) is 11.6. The molecule has 3 rings (SSSR count). The first-order valence-corrected chi connectivity index (χ1v) is 12.3. The summed E-state index contributed by atoms with van der Waals surface area (Å²) in [7, 11) is 0. The summed E-state index contributed by atoms with van der Waals surface area (Å²) in [6.45, 7) is 13.5. The lowest BCUT2D eigenvalue weighted by atomic mass is 10.1. The summed E-state index contributed by atoms with van der Waals surface area (Å²) < 4.78 is 16.2. The molecule has 1 aliphatic rings. The molecule has 0 N–H and O–H groups in total. The summed E-state index contributed by atoms with van der Waals surface area (Å²) in [5, 5.41) is 0. The highest BCUT2D eigenvalue weighted by Gasteiger charge is 2.23. The molecule has 0 fully saturated rings. The van der Waals surface area contributed by atoms with Gasteiger partial charge in [0, 0.05) is 77.0 Å². The molecule has 2 aromatic rings. The SMILES string of the molecule is CC(=O)N1CCCN(C(C)C)CCN(C(=O)CCn2ccnc2C(C)C)Cc2ccc(F)cc21. The Balaban J connectivity index is 1.88. The molecule has 2 heterocycles. The van der Waals surface area contributed by atoms with E-state index in [0.29, 0.717) is 44.3 Å². The average molecular weight is 472 g/mol. The molecule has 0 saturated heterocycles. The minimum atomic E-state index is -0.386. The number of hydrogen-bond acceptors (Lipinski definition) is 4. The smallest absolute Gasteiger partial charge is 0.224 e. The fourth-order valence-electron chi connectivity index (χ4n) is 4.56. The third-order valence-corrected chi connectivity index (χ3v) is 6.48. The van der Waals surface area contributed by atoms with Crippen LogP contribution < -0.4 is 4.90 Å². The Morgan fingerprint density at radius 2 is 1.85 bits per heavy atom. The van der Waals surface area contributed by atoms with E-state index in [-0.39, 0.29) is 23.5 Å². The molecule has 0 radical (unpaired) electrons. The van der Waals surface area contributed by atoms with Gasteiger partial charge in [-0.15, -0.1) is 0 Å². The van der Waals surface area contributed by atoms with E-state index in [1.54, 1.807) is 17.2 Å². The number of amides is 2. The molecule has 0 unspecified atom stereocenters. The summed E-state index contributed by atoms with van der Waals surface area (Å²) >= 11 is 0. The predicted molar refractivity (Wildman–Crippen MR) is 132 cm³/mol. The summed E-state index contributed by atoms with van der Waals surface area (Å²) in [5.74, 6) is 0.774. The number of imidazole rings is 1. The zero-order valence-electron chi connectivity index (χ0n) is 21.1. The maximum absolute atomic E-state index is 14.2. The van der Waals surface area contributed by atoms with Gasteiger partial charge in [0.15, 0.2) is 0 Å². The normalized spacial score (nSPS) is 16.0. The van der Waals surface area contributed by atoms with Gasteiger partial charge in [-0.3, -0.25) is 14.5 Å². The number of hydrogen-bond donors (Lipinski definition) is 0. The van der Waals surface area contributed by atoms with Gasteiger partial charge in [0.2, 0.25) is 11.8 Å². The number of rotatable bonds is 5. The van der Waals surface area contributed by atoms with Crippen LogP contribution in [0.1, 0.15) is 64.8 Å². The maximum atomic E-state index is 14.2. The van der Waals surface area contributed by atoms with Crippen LogP contribution >= 0.6 is 0 Å². The van der Waals surface area contributed by atoms with Crippen LogP contribution in [0.5, 0.6) is 0 Å². The standard InChI is InChI=1S/C26H38FN5O2/c1-19(2)26-28-10-14-30(26)13-9-25(34)31-16-15-29(20(3)4)11-6-12-32(21(5)33)24-17-23(27)8-7-22(24)18-31/h7-8,10,14,17,19-20H,6,9,11-13,15-16,18H2,1-5H3. The Kier molecular flexibility index (Phi) is 8.83. The van der Waals surface area contributed by atoms with Crippen molar-refractivity contribution in [3.8, 4) is 0 Å². The van der Waals surface area contributed by atoms with Crippen molar-refractivity contribution in [2.24, 2.45) is 0 Å². The highest BCUT2D eigenvalue weighted by molar-refractivity contribution is 5.92. The number of halogens is 1. The second-order valence-corrected chi connectivity index (χ2v) is 9.63. The number of anilines is 1. The first-order chi connectivity index (χ1) is 16.2. The summed E-state index contributed by atoms with van der Waals surface area (Å²) in [4.78, 5) is 36.1. The predicted octanol–water partition coefficient (Wildman–Crippen LogP) is 4.03. The van der Waals surface area contributed by atoms with Gasteiger partial charge in [0.05, 0.1) is 5.69 Å². The van der Waals surface area contributed by atoms with E-state index in [2.05, 4.69) is 37.6 Å². The van der Waals surface area contributed by atoms with Crippen molar-refractivity contribution in [1.82, 2.24) is 19.4 Å². The van der Waals surface area contributed by atoms with Crippen LogP contribution in [0.3, 0.4) is 0 Å². The zero-order valence-corrected chi connectivity index (χ0v) is 21.1. The third kappa shape index (κ3) is 6.44. The first kappa shape index (κ1) is 25.9. The summed E-state index contributed by atoms with van der Waals surface area (Å²) in [6.07, 6.45) is 4.82. The molecule has 7 nitrogen and oxygen atoms in total. The fourth-order valence-corrected chi connectivity index (χ4v) is 4.56. The molecule has 0 atom stereocenters. The monoisotopic (exact) mass is 471 g/mol. The zero-order chi connectivity index (χ0) is 24.8. The summed E-state index contributed by atoms with van der Waals surface area (Å²) in [6, 6.07) is 4.84. The van der Waals surface area contributed by atoms with Crippen molar-refractivity contribution in [2.75, 3.05) is 31.1 Å². The Labute approximate surface area is 202 Å². The molecule has 1 aliphatic heterocycles. The molecule has 0 spiro atoms. The molecule has 8 heteroatoms. The van der Waals surface area contributed by atoms with Crippen LogP contribution in [-0.4, -0.2) is 63.4 Å². The van der Waals surface area contributed by atoms with Crippen LogP contribution in [-0.2, 0) is 22.7 Å². The number of aromatic nitrogens is 2. The van der Waals surface area contributed by atoms with Gasteiger partial charge in [-0.1, -0.05) is 19.9 Å². The van der Waals surface area contributed by atoms with E-state index >= 15 is 0 Å². The van der Waals surface area contributed by atoms with Crippen molar-refractivity contribution in [1.29, 1.82) is 0 Å². The molecule has 0 bridgehead atoms. The third-order valence-electron chi connectivity index (χ3n) is 6.48. The molecular weight excluding hydrogens is 433 g/mol. The van der Waals surface area contributed by atoms with Crippen LogP contribution in [0.4, 0.5) is 10.1 Å². The van der Waals surface area contributed by atoms with Crippen LogP contribution in [0.25, 0.3) is 0 Å². The Morgan fingerprint density at radius 1 is 1.09 bits per heavy atom. The van der Waals surface area contributed by atoms with Crippen molar-refractivity contribution in [3.63, 3.8) is 0 Å². The van der Waals surface area contributed by atoms with E-state index in [1.165, 1.54) is 19.1 Å². The minimum absolute atomic E-state index is 0.0380. The Morgan fingerprint density at radius 3 is 2.53 bits per heavy atom. The van der Waals surface area contributed by atoms with E-state index in [1.807, 2.05) is 15.7 Å². The largest absolute Gasteiger partial charge is 0.337 e. The van der Waals surface area contributed by atoms with Crippen molar-refractivity contribution in [2.45, 2.75) is 72.5 Å². The molecular formula is C26H38FN5O2. The van der Waals surface area contributed by atoms with E-state index < -0.39 is 0 Å². The maximum Gasteiger partial charge on any atom is 0.224 e. The molecule has 186 valence electrons. The van der Waals surface area contributed by atoms with Crippen LogP contribution in [0.15, 0.2) is 30.6 Å². The van der Waals surface area contributed by atoms with Gasteiger partial charge in [0.25, 0.3) is 0 Å². The highest BCUT2D eigenvalue weighted by atomic mass is 19.1. The van der Waals surface area contributed by atoms with E-state index in [0.717, 1.165) is 30.9 Å². The topological polar surface area (TPSA) is 61.7 Å². The molecule has 2 amide bonds. The lowest BCUT2D eigenvalue weighted by Gasteiger charge is -2.30. The second-order valence-electron chi connectivity index (χ2n) is 9.63. The molecule has 1 aromatic carbocycles. The van der Waals surface area contributed by atoms with Gasteiger partial charge < -0.3 is 14.4 Å². The van der Waals surface area contributed by atoms with Crippen molar-refractivity contribution < 1.29 is 14.0 Å². The average Bonchev–Trinajstić information content (AvgIpc) is 3.24. The lowest BCUT2D eigenvalue weighted by molar-refractivity contribution is -0.132. The van der Waals surface area contributed by atoms with Crippen LogP contribution in [0.2, 0.25) is 0 Å². The highest BCUT2D eigenvalue weighted by Crippen LogP contribution is 2.25. The van der Waals surface area contributed by atoms with E-state index in [4.69, 9.17) is 0 Å². The number of fused-ring (bicyclic) bond motifs is 1. The van der Waals surface area contributed by atoms with Gasteiger partial charge in [0.1, 0.15) is 11.6 Å². The molecule has 0 saturated carbocycles.